The minimum absolute atomic E-state index is 0.135. The van der Waals surface area contributed by atoms with Gasteiger partial charge >= 0.3 is 0 Å². The standard InChI is InChI=1S/C42H53NO4/c1-40(2,3)32-16-24-12-28-18-33(41(4,5)6)20-30(38(28)46-10)14-26-22-35(43)23-27(37(26)45)15-31-21-34(42(7,8)9)19-29(39(31)47-11)13-25(17-32)36(24)44/h16-23,44-45H,12-15,43H2,1-11H3. The van der Waals surface area contributed by atoms with Gasteiger partial charge in [0.15, 0.2) is 0 Å². The van der Waals surface area contributed by atoms with Crippen LogP contribution in [0.5, 0.6) is 23.0 Å². The zero-order chi connectivity index (χ0) is 34.6. The van der Waals surface area contributed by atoms with Gasteiger partial charge in [0.25, 0.3) is 0 Å². The minimum atomic E-state index is -0.136. The van der Waals surface area contributed by atoms with Crippen LogP contribution in [0.1, 0.15) is 124 Å². The lowest BCUT2D eigenvalue weighted by molar-refractivity contribution is 0.403. The quantitative estimate of drug-likeness (QED) is 0.133. The van der Waals surface area contributed by atoms with Crippen LogP contribution in [0.3, 0.4) is 0 Å². The summed E-state index contributed by atoms with van der Waals surface area (Å²) in [5, 5.41) is 23.8. The average Bonchev–Trinajstić information content (AvgIpc) is 2.95. The van der Waals surface area contributed by atoms with E-state index < -0.39 is 0 Å². The molecule has 5 heteroatoms. The van der Waals surface area contributed by atoms with Crippen LogP contribution >= 0.6 is 0 Å². The molecule has 0 amide bonds. The van der Waals surface area contributed by atoms with Crippen molar-refractivity contribution in [1.29, 1.82) is 0 Å². The topological polar surface area (TPSA) is 84.9 Å². The molecule has 0 spiro atoms. The van der Waals surface area contributed by atoms with E-state index in [1.807, 2.05) is 12.1 Å². The van der Waals surface area contributed by atoms with E-state index >= 15 is 0 Å². The predicted octanol–water partition coefficient (Wildman–Crippen LogP) is 9.27. The summed E-state index contributed by atoms with van der Waals surface area (Å²) in [5.41, 5.74) is 17.3. The van der Waals surface area contributed by atoms with Gasteiger partial charge in [0.05, 0.1) is 14.2 Å². The van der Waals surface area contributed by atoms with Gasteiger partial charge in [-0.15, -0.1) is 0 Å². The van der Waals surface area contributed by atoms with Crippen molar-refractivity contribution < 1.29 is 19.7 Å². The smallest absolute Gasteiger partial charge is 0.125 e. The predicted molar refractivity (Wildman–Crippen MR) is 194 cm³/mol. The second kappa shape index (κ2) is 12.2. The highest BCUT2D eigenvalue weighted by molar-refractivity contribution is 5.61. The maximum Gasteiger partial charge on any atom is 0.125 e. The summed E-state index contributed by atoms with van der Waals surface area (Å²) >= 11 is 0. The number of ether oxygens (including phenoxy) is 2. The van der Waals surface area contributed by atoms with Crippen molar-refractivity contribution in [3.8, 4) is 23.0 Å². The van der Waals surface area contributed by atoms with Crippen LogP contribution in [-0.4, -0.2) is 24.4 Å². The largest absolute Gasteiger partial charge is 0.507 e. The summed E-state index contributed by atoms with van der Waals surface area (Å²) in [4.78, 5) is 0. The Morgan fingerprint density at radius 3 is 0.915 bits per heavy atom. The normalized spacial score (nSPS) is 13.8. The molecule has 8 bridgehead atoms. The molecule has 0 saturated heterocycles. The molecule has 250 valence electrons. The van der Waals surface area contributed by atoms with E-state index in [1.165, 1.54) is 0 Å². The second-order valence-corrected chi connectivity index (χ2v) is 16.4. The third-order valence-corrected chi connectivity index (χ3v) is 9.57. The summed E-state index contributed by atoms with van der Waals surface area (Å²) in [6.45, 7) is 19.8. The number of hydrogen-bond donors (Lipinski definition) is 3. The second-order valence-electron chi connectivity index (χ2n) is 16.4. The third-order valence-electron chi connectivity index (χ3n) is 9.57. The van der Waals surface area contributed by atoms with E-state index in [0.29, 0.717) is 37.1 Å². The molecule has 4 aromatic rings. The Balaban J connectivity index is 1.89. The maximum absolute atomic E-state index is 12.0. The number of nitrogens with two attached hydrogens (primary N) is 1. The molecule has 0 unspecified atom stereocenters. The molecule has 0 atom stereocenters. The highest BCUT2D eigenvalue weighted by Gasteiger charge is 2.27. The molecule has 4 aromatic carbocycles. The van der Waals surface area contributed by atoms with E-state index in [2.05, 4.69) is 98.7 Å². The van der Waals surface area contributed by atoms with Crippen molar-refractivity contribution in [3.63, 3.8) is 0 Å². The molecule has 0 aromatic heterocycles. The van der Waals surface area contributed by atoms with Gasteiger partial charge in [0.2, 0.25) is 0 Å². The number of benzene rings is 4. The first kappa shape index (κ1) is 34.2. The molecule has 4 N–H and O–H groups in total. The summed E-state index contributed by atoms with van der Waals surface area (Å²) < 4.78 is 12.3. The highest BCUT2D eigenvalue weighted by Crippen LogP contribution is 2.42. The van der Waals surface area contributed by atoms with Crippen molar-refractivity contribution in [2.75, 3.05) is 20.0 Å². The Kier molecular flexibility index (Phi) is 8.85. The molecule has 0 aliphatic heterocycles. The van der Waals surface area contributed by atoms with Crippen LogP contribution in [0.4, 0.5) is 5.69 Å². The van der Waals surface area contributed by atoms with Crippen LogP contribution in [0.25, 0.3) is 0 Å². The van der Waals surface area contributed by atoms with Crippen LogP contribution in [0.15, 0.2) is 48.5 Å². The van der Waals surface area contributed by atoms with Gasteiger partial charge in [0.1, 0.15) is 23.0 Å². The van der Waals surface area contributed by atoms with Crippen molar-refractivity contribution in [2.24, 2.45) is 0 Å². The van der Waals surface area contributed by atoms with Crippen LogP contribution in [-0.2, 0) is 41.9 Å². The van der Waals surface area contributed by atoms with Gasteiger partial charge in [-0.25, -0.2) is 0 Å². The Bertz CT molecular complexity index is 1710. The van der Waals surface area contributed by atoms with Crippen LogP contribution < -0.4 is 15.2 Å². The highest BCUT2D eigenvalue weighted by atomic mass is 16.5. The fourth-order valence-corrected chi connectivity index (χ4v) is 6.76. The molecule has 0 heterocycles. The SMILES string of the molecule is COc1c2cc(C(C)(C)C)cc1Cc1cc(C(C)(C)C)cc(c1O)Cc1cc(C(C)(C)C)cc(c1OC)Cc1cc(N)cc(c1O)C2. The van der Waals surface area contributed by atoms with Crippen molar-refractivity contribution in [3.05, 3.63) is 110 Å². The Hall–Kier alpha value is -4.12. The van der Waals surface area contributed by atoms with Crippen molar-refractivity contribution in [2.45, 2.75) is 104 Å². The molecule has 5 rings (SSSR count). The van der Waals surface area contributed by atoms with E-state index in [9.17, 15) is 10.2 Å². The van der Waals surface area contributed by atoms with Gasteiger partial charge < -0.3 is 25.4 Å². The summed E-state index contributed by atoms with van der Waals surface area (Å²) in [7, 11) is 3.40. The lowest BCUT2D eigenvalue weighted by Crippen LogP contribution is -2.15. The van der Waals surface area contributed by atoms with Gasteiger partial charge in [-0.05, 0) is 78.4 Å². The first-order valence-corrected chi connectivity index (χ1v) is 16.7. The molecular weight excluding hydrogens is 582 g/mol. The number of methoxy groups -OCH3 is 2. The summed E-state index contributed by atoms with van der Waals surface area (Å²) in [5.74, 6) is 2.06. The number of nitrogen functional groups attached to an aromatic ring is 1. The maximum atomic E-state index is 12.0. The number of hydrogen-bond acceptors (Lipinski definition) is 5. The van der Waals surface area contributed by atoms with Crippen molar-refractivity contribution >= 4 is 5.69 Å². The lowest BCUT2D eigenvalue weighted by Gasteiger charge is -2.27. The molecule has 0 saturated carbocycles. The van der Waals surface area contributed by atoms with Crippen LogP contribution in [0.2, 0.25) is 0 Å². The first-order valence-electron chi connectivity index (χ1n) is 16.7. The Labute approximate surface area is 281 Å². The van der Waals surface area contributed by atoms with E-state index in [0.717, 1.165) is 72.7 Å². The Morgan fingerprint density at radius 2 is 0.681 bits per heavy atom. The molecule has 0 radical (unpaired) electrons. The monoisotopic (exact) mass is 635 g/mol. The Morgan fingerprint density at radius 1 is 0.447 bits per heavy atom. The molecule has 47 heavy (non-hydrogen) atoms. The van der Waals surface area contributed by atoms with Gasteiger partial charge in [-0.1, -0.05) is 98.7 Å². The van der Waals surface area contributed by atoms with Gasteiger partial charge in [0, 0.05) is 42.5 Å². The number of rotatable bonds is 2. The molecule has 1 aliphatic rings. The molecule has 0 fully saturated rings. The minimum Gasteiger partial charge on any atom is -0.507 e. The number of fused-ring (bicyclic) bond motifs is 8. The average molecular weight is 636 g/mol. The van der Waals surface area contributed by atoms with Crippen molar-refractivity contribution in [1.82, 2.24) is 0 Å². The fraction of sp³-hybridized carbons (Fsp3) is 0.429. The number of aromatic hydroxyl groups is 2. The number of anilines is 1. The fourth-order valence-electron chi connectivity index (χ4n) is 6.76. The molecular formula is C42H53NO4. The molecule has 1 aliphatic carbocycles. The summed E-state index contributed by atoms with van der Waals surface area (Å²) in [6, 6.07) is 16.8. The van der Waals surface area contributed by atoms with Gasteiger partial charge in [-0.2, -0.15) is 0 Å². The first-order chi connectivity index (χ1) is 21.8. The lowest BCUT2D eigenvalue weighted by atomic mass is 9.80. The van der Waals surface area contributed by atoms with Gasteiger partial charge in [-0.3, -0.25) is 0 Å². The zero-order valence-corrected chi connectivity index (χ0v) is 30.2. The zero-order valence-electron chi connectivity index (χ0n) is 30.2. The van der Waals surface area contributed by atoms with E-state index in [4.69, 9.17) is 15.2 Å². The number of phenols is 2. The summed E-state index contributed by atoms with van der Waals surface area (Å²) in [6.07, 6.45) is 1.85. The van der Waals surface area contributed by atoms with E-state index in [1.54, 1.807) is 14.2 Å². The molecule has 5 nitrogen and oxygen atoms in total. The third kappa shape index (κ3) is 6.95. The van der Waals surface area contributed by atoms with E-state index in [-0.39, 0.29) is 22.0 Å². The van der Waals surface area contributed by atoms with Crippen LogP contribution in [0, 0.1) is 0 Å². The number of phenolic OH excluding ortho intramolecular Hbond substituents is 2.